The average molecular weight is 410 g/mol. The number of halogens is 1. The molecule has 0 radical (unpaired) electrons. The lowest BCUT2D eigenvalue weighted by Gasteiger charge is -2.15. The summed E-state index contributed by atoms with van der Waals surface area (Å²) < 4.78 is 32.9. The summed E-state index contributed by atoms with van der Waals surface area (Å²) in [7, 11) is -3.69. The predicted octanol–water partition coefficient (Wildman–Crippen LogP) is 3.14. The molecule has 126 valence electrons. The molecule has 0 amide bonds. The fourth-order valence-corrected chi connectivity index (χ4v) is 3.15. The maximum atomic E-state index is 12.2. The average Bonchev–Trinajstić information content (AvgIpc) is 2.59. The fourth-order valence-electron chi connectivity index (χ4n) is 1.84. The van der Waals surface area contributed by atoms with E-state index >= 15 is 0 Å². The van der Waals surface area contributed by atoms with Crippen LogP contribution in [0.1, 0.15) is 10.4 Å². The third-order valence-electron chi connectivity index (χ3n) is 3.13. The van der Waals surface area contributed by atoms with Crippen LogP contribution in [-0.2, 0) is 14.8 Å². The van der Waals surface area contributed by atoms with E-state index in [9.17, 15) is 13.2 Å². The number of ether oxygens (including phenoxy) is 1. The minimum absolute atomic E-state index is 0.0968. The van der Waals surface area contributed by atoms with Gasteiger partial charge in [-0.15, -0.1) is 0 Å². The zero-order valence-corrected chi connectivity index (χ0v) is 15.1. The Hall–Kier alpha value is -1.96. The topological polar surface area (TPSA) is 72.5 Å². The van der Waals surface area contributed by atoms with Crippen molar-refractivity contribution in [1.29, 1.82) is 0 Å². The van der Waals surface area contributed by atoms with Crippen LogP contribution in [0.15, 0.2) is 76.6 Å². The highest BCUT2D eigenvalue weighted by atomic mass is 79.9. The molecule has 2 rings (SSSR count). The van der Waals surface area contributed by atoms with E-state index in [0.29, 0.717) is 5.56 Å². The molecule has 24 heavy (non-hydrogen) atoms. The van der Waals surface area contributed by atoms with Crippen LogP contribution in [-0.4, -0.2) is 27.0 Å². The van der Waals surface area contributed by atoms with Gasteiger partial charge < -0.3 is 4.74 Å². The number of hydrogen-bond acceptors (Lipinski definition) is 4. The molecule has 0 heterocycles. The van der Waals surface area contributed by atoms with Gasteiger partial charge in [-0.05, 0) is 36.4 Å². The second kappa shape index (κ2) is 8.23. The molecular formula is C17H16BrNO4S. The molecule has 0 aliphatic rings. The fraction of sp³-hybridized carbons (Fsp3) is 0.118. The molecule has 1 unspecified atom stereocenters. The maximum absolute atomic E-state index is 12.2. The van der Waals surface area contributed by atoms with Gasteiger partial charge in [-0.2, -0.15) is 0 Å². The largest absolute Gasteiger partial charge is 0.453 e. The van der Waals surface area contributed by atoms with Crippen LogP contribution >= 0.6 is 15.9 Å². The van der Waals surface area contributed by atoms with Gasteiger partial charge >= 0.3 is 5.97 Å². The van der Waals surface area contributed by atoms with Crippen molar-refractivity contribution < 1.29 is 17.9 Å². The summed E-state index contributed by atoms with van der Waals surface area (Å²) >= 11 is 3.25. The summed E-state index contributed by atoms with van der Waals surface area (Å²) in [6, 6.07) is 14.7. The molecule has 1 atom stereocenters. The van der Waals surface area contributed by atoms with Gasteiger partial charge in [0.15, 0.2) is 0 Å². The monoisotopic (exact) mass is 409 g/mol. The quantitative estimate of drug-likeness (QED) is 0.563. The number of benzene rings is 2. The minimum atomic E-state index is -3.69. The van der Waals surface area contributed by atoms with Gasteiger partial charge in [-0.25, -0.2) is 17.9 Å². The number of nitrogens with one attached hydrogen (secondary N) is 1. The molecular weight excluding hydrogens is 394 g/mol. The number of hydrogen-bond donors (Lipinski definition) is 1. The van der Waals surface area contributed by atoms with E-state index < -0.39 is 22.1 Å². The van der Waals surface area contributed by atoms with Crippen molar-refractivity contribution in [3.63, 3.8) is 0 Å². The summed E-state index contributed by atoms with van der Waals surface area (Å²) in [5, 5.41) is 0. The SMILES string of the molecule is C=CC(CNS(=O)(=O)c1ccc(Br)cc1)OC(=O)c1ccccc1. The number of sulfonamides is 1. The molecule has 0 spiro atoms. The molecule has 0 saturated carbocycles. The molecule has 2 aromatic rings. The molecule has 1 N–H and O–H groups in total. The van der Waals surface area contributed by atoms with Gasteiger partial charge in [0.05, 0.1) is 17.0 Å². The molecule has 0 saturated heterocycles. The molecule has 2 aromatic carbocycles. The first kappa shape index (κ1) is 18.4. The van der Waals surface area contributed by atoms with Crippen LogP contribution in [0.25, 0.3) is 0 Å². The number of carbonyl (C=O) groups is 1. The van der Waals surface area contributed by atoms with E-state index in [1.54, 1.807) is 42.5 Å². The van der Waals surface area contributed by atoms with Crippen molar-refractivity contribution in [1.82, 2.24) is 4.72 Å². The van der Waals surface area contributed by atoms with Crippen molar-refractivity contribution in [3.05, 3.63) is 77.3 Å². The standard InChI is InChI=1S/C17H16BrNO4S/c1-2-15(23-17(20)13-6-4-3-5-7-13)12-19-24(21,22)16-10-8-14(18)9-11-16/h2-11,15,19H,1,12H2. The minimum Gasteiger partial charge on any atom is -0.453 e. The van der Waals surface area contributed by atoms with Crippen LogP contribution in [0.4, 0.5) is 0 Å². The Bertz CT molecular complexity index is 804. The summed E-state index contributed by atoms with van der Waals surface area (Å²) in [5.41, 5.74) is 0.389. The maximum Gasteiger partial charge on any atom is 0.338 e. The Morgan fingerprint density at radius 3 is 2.38 bits per heavy atom. The van der Waals surface area contributed by atoms with Crippen molar-refractivity contribution >= 4 is 31.9 Å². The Balaban J connectivity index is 1.99. The van der Waals surface area contributed by atoms with Crippen molar-refractivity contribution in [2.24, 2.45) is 0 Å². The molecule has 0 fully saturated rings. The highest BCUT2D eigenvalue weighted by molar-refractivity contribution is 9.10. The molecule has 0 aliphatic heterocycles. The number of carbonyl (C=O) groups excluding carboxylic acids is 1. The predicted molar refractivity (Wildman–Crippen MR) is 95.2 cm³/mol. The Morgan fingerprint density at radius 2 is 1.79 bits per heavy atom. The van der Waals surface area contributed by atoms with Crippen molar-refractivity contribution in [2.75, 3.05) is 6.54 Å². The smallest absolute Gasteiger partial charge is 0.338 e. The third kappa shape index (κ3) is 5.02. The molecule has 0 bridgehead atoms. The van der Waals surface area contributed by atoms with Crippen molar-refractivity contribution in [3.8, 4) is 0 Å². The van der Waals surface area contributed by atoms with E-state index in [2.05, 4.69) is 27.2 Å². The lowest BCUT2D eigenvalue weighted by atomic mass is 10.2. The van der Waals surface area contributed by atoms with Crippen molar-refractivity contribution in [2.45, 2.75) is 11.0 Å². The van der Waals surface area contributed by atoms with Gasteiger partial charge in [0.2, 0.25) is 10.0 Å². The third-order valence-corrected chi connectivity index (χ3v) is 5.10. The molecule has 7 heteroatoms. The summed E-state index contributed by atoms with van der Waals surface area (Å²) in [6.45, 7) is 3.48. The molecule has 0 aromatic heterocycles. The molecule has 5 nitrogen and oxygen atoms in total. The first-order chi connectivity index (χ1) is 11.4. The summed E-state index contributed by atoms with van der Waals surface area (Å²) in [4.78, 5) is 12.1. The van der Waals surface area contributed by atoms with E-state index in [1.165, 1.54) is 18.2 Å². The highest BCUT2D eigenvalue weighted by Gasteiger charge is 2.18. The Kier molecular flexibility index (Phi) is 6.30. The van der Waals surface area contributed by atoms with E-state index in [4.69, 9.17) is 4.74 Å². The molecule has 0 aliphatic carbocycles. The van der Waals surface area contributed by atoms with E-state index in [1.807, 2.05) is 0 Å². The van der Waals surface area contributed by atoms with Crippen LogP contribution in [0, 0.1) is 0 Å². The zero-order chi connectivity index (χ0) is 17.6. The van der Waals surface area contributed by atoms with E-state index in [-0.39, 0.29) is 11.4 Å². The van der Waals surface area contributed by atoms with Crippen LogP contribution in [0.3, 0.4) is 0 Å². The van der Waals surface area contributed by atoms with Gasteiger partial charge in [-0.3, -0.25) is 0 Å². The van der Waals surface area contributed by atoms with Gasteiger partial charge in [0.1, 0.15) is 6.10 Å². The Labute approximate surface area is 149 Å². The second-order valence-corrected chi connectivity index (χ2v) is 7.53. The lowest BCUT2D eigenvalue weighted by Crippen LogP contribution is -2.33. The Morgan fingerprint density at radius 1 is 1.17 bits per heavy atom. The van der Waals surface area contributed by atoms with Gasteiger partial charge in [0, 0.05) is 4.47 Å². The van der Waals surface area contributed by atoms with Gasteiger partial charge in [0.25, 0.3) is 0 Å². The zero-order valence-electron chi connectivity index (χ0n) is 12.7. The number of rotatable bonds is 7. The second-order valence-electron chi connectivity index (χ2n) is 4.85. The lowest BCUT2D eigenvalue weighted by molar-refractivity contribution is 0.0403. The number of esters is 1. The summed E-state index contributed by atoms with van der Waals surface area (Å²) in [5.74, 6) is -0.539. The highest BCUT2D eigenvalue weighted by Crippen LogP contribution is 2.14. The summed E-state index contributed by atoms with van der Waals surface area (Å²) in [6.07, 6.45) is 0.605. The first-order valence-corrected chi connectivity index (χ1v) is 9.34. The van der Waals surface area contributed by atoms with Gasteiger partial charge in [-0.1, -0.05) is 46.8 Å². The van der Waals surface area contributed by atoms with Crippen LogP contribution in [0.2, 0.25) is 0 Å². The normalized spacial score (nSPS) is 12.4. The first-order valence-electron chi connectivity index (χ1n) is 7.06. The van der Waals surface area contributed by atoms with E-state index in [0.717, 1.165) is 4.47 Å². The van der Waals surface area contributed by atoms with Crippen LogP contribution < -0.4 is 4.72 Å². The van der Waals surface area contributed by atoms with Crippen LogP contribution in [0.5, 0.6) is 0 Å².